The zero-order valence-corrected chi connectivity index (χ0v) is 21.0. The third-order valence-corrected chi connectivity index (χ3v) is 7.54. The molecule has 6 aromatic carbocycles. The monoisotopic (exact) mass is 498 g/mol. The number of hydrogen-bond donors (Lipinski definition) is 0. The van der Waals surface area contributed by atoms with Crippen LogP contribution in [0.25, 0.3) is 77.3 Å². The number of aromatic nitrogens is 2. The Bertz CT molecular complexity index is 2080. The van der Waals surface area contributed by atoms with Crippen LogP contribution >= 0.6 is 0 Å². The predicted octanol–water partition coefficient (Wildman–Crippen LogP) is 9.68. The van der Waals surface area contributed by atoms with Gasteiger partial charge in [-0.05, 0) is 80.2 Å². The first-order valence-corrected chi connectivity index (χ1v) is 13.1. The van der Waals surface area contributed by atoms with Crippen LogP contribution in [0.3, 0.4) is 0 Å². The number of oxazole rings is 1. The van der Waals surface area contributed by atoms with Gasteiger partial charge in [-0.3, -0.25) is 4.98 Å². The van der Waals surface area contributed by atoms with E-state index in [1.807, 2.05) is 36.5 Å². The Labute approximate surface area is 225 Å². The molecule has 3 nitrogen and oxygen atoms in total. The van der Waals surface area contributed by atoms with Crippen molar-refractivity contribution in [3.63, 3.8) is 0 Å². The normalized spacial score (nSPS) is 11.6. The molecule has 0 amide bonds. The number of rotatable bonds is 3. The molecule has 0 atom stereocenters. The molecule has 0 unspecified atom stereocenters. The molecule has 0 aliphatic heterocycles. The predicted molar refractivity (Wildman–Crippen MR) is 161 cm³/mol. The lowest BCUT2D eigenvalue weighted by Gasteiger charge is -2.18. The molecule has 0 spiro atoms. The molecule has 8 rings (SSSR count). The maximum absolute atomic E-state index is 6.02. The van der Waals surface area contributed by atoms with Gasteiger partial charge in [0.1, 0.15) is 5.52 Å². The molecule has 182 valence electrons. The van der Waals surface area contributed by atoms with E-state index < -0.39 is 0 Å². The highest BCUT2D eigenvalue weighted by molar-refractivity contribution is 6.21. The van der Waals surface area contributed by atoms with Crippen molar-refractivity contribution in [1.82, 2.24) is 9.97 Å². The molecule has 0 aliphatic rings. The molecule has 0 saturated carbocycles. The molecule has 0 radical (unpaired) electrons. The largest absolute Gasteiger partial charge is 0.436 e. The van der Waals surface area contributed by atoms with E-state index in [0.29, 0.717) is 5.89 Å². The average molecular weight is 499 g/mol. The fraction of sp³-hybridized carbons (Fsp3) is 0. The highest BCUT2D eigenvalue weighted by atomic mass is 16.3. The molecule has 8 aromatic rings. The van der Waals surface area contributed by atoms with Crippen molar-refractivity contribution in [3.8, 4) is 33.7 Å². The van der Waals surface area contributed by atoms with E-state index >= 15 is 0 Å². The zero-order chi connectivity index (χ0) is 25.8. The van der Waals surface area contributed by atoms with Crippen LogP contribution in [0.1, 0.15) is 0 Å². The molecule has 3 heteroatoms. The number of fused-ring (bicyclic) bond motifs is 4. The molecular weight excluding hydrogens is 476 g/mol. The van der Waals surface area contributed by atoms with Gasteiger partial charge >= 0.3 is 0 Å². The maximum Gasteiger partial charge on any atom is 0.227 e. The van der Waals surface area contributed by atoms with E-state index in [1.54, 1.807) is 0 Å². The van der Waals surface area contributed by atoms with Crippen LogP contribution in [0.15, 0.2) is 138 Å². The first-order valence-electron chi connectivity index (χ1n) is 13.1. The van der Waals surface area contributed by atoms with Crippen LogP contribution in [-0.2, 0) is 0 Å². The lowest BCUT2D eigenvalue weighted by Crippen LogP contribution is -1.91. The summed E-state index contributed by atoms with van der Waals surface area (Å²) in [6, 6.07) is 44.5. The lowest BCUT2D eigenvalue weighted by molar-refractivity contribution is 0.620. The molecular formula is C36H22N2O. The summed E-state index contributed by atoms with van der Waals surface area (Å²) in [7, 11) is 0. The van der Waals surface area contributed by atoms with Gasteiger partial charge in [-0.15, -0.1) is 0 Å². The fourth-order valence-electron chi connectivity index (χ4n) is 5.75. The first-order chi connectivity index (χ1) is 19.3. The molecule has 39 heavy (non-hydrogen) atoms. The van der Waals surface area contributed by atoms with Crippen molar-refractivity contribution < 1.29 is 4.42 Å². The van der Waals surface area contributed by atoms with Gasteiger partial charge in [-0.2, -0.15) is 0 Å². The van der Waals surface area contributed by atoms with E-state index in [1.165, 1.54) is 38.2 Å². The summed E-state index contributed by atoms with van der Waals surface area (Å²) < 4.78 is 6.02. The molecule has 0 bridgehead atoms. The van der Waals surface area contributed by atoms with Gasteiger partial charge in [0.05, 0.1) is 5.52 Å². The Morgan fingerprint density at radius 1 is 0.462 bits per heavy atom. The van der Waals surface area contributed by atoms with Gasteiger partial charge in [-0.25, -0.2) is 4.98 Å². The summed E-state index contributed by atoms with van der Waals surface area (Å²) >= 11 is 0. The fourth-order valence-corrected chi connectivity index (χ4v) is 5.75. The van der Waals surface area contributed by atoms with Crippen LogP contribution in [0.5, 0.6) is 0 Å². The van der Waals surface area contributed by atoms with Gasteiger partial charge in [0.25, 0.3) is 0 Å². The van der Waals surface area contributed by atoms with Gasteiger partial charge in [0.15, 0.2) is 5.58 Å². The van der Waals surface area contributed by atoms with E-state index in [2.05, 4.69) is 107 Å². The summed E-state index contributed by atoms with van der Waals surface area (Å²) in [5.74, 6) is 0.637. The Kier molecular flexibility index (Phi) is 4.82. The van der Waals surface area contributed by atoms with Crippen molar-refractivity contribution in [1.29, 1.82) is 0 Å². The van der Waals surface area contributed by atoms with Crippen LogP contribution in [0.2, 0.25) is 0 Å². The number of pyridine rings is 1. The van der Waals surface area contributed by atoms with Crippen LogP contribution in [0, 0.1) is 0 Å². The minimum absolute atomic E-state index is 0.637. The Morgan fingerprint density at radius 2 is 1.05 bits per heavy atom. The second kappa shape index (κ2) is 8.64. The second-order valence-corrected chi connectivity index (χ2v) is 9.82. The number of nitrogens with zero attached hydrogens (tertiary/aromatic N) is 2. The highest BCUT2D eigenvalue weighted by Gasteiger charge is 2.17. The average Bonchev–Trinajstić information content (AvgIpc) is 3.44. The maximum atomic E-state index is 6.02. The van der Waals surface area contributed by atoms with Crippen LogP contribution < -0.4 is 0 Å². The molecule has 0 fully saturated rings. The number of benzene rings is 6. The van der Waals surface area contributed by atoms with Gasteiger partial charge in [0, 0.05) is 17.1 Å². The zero-order valence-electron chi connectivity index (χ0n) is 21.0. The second-order valence-electron chi connectivity index (χ2n) is 9.82. The SMILES string of the molecule is c1cnc2cc(-c3c4ccccc4c(-c4ccc(-c5nc6ccccc6o5)cc4)c4ccccc34)ccc2c1. The Hall–Kier alpha value is -5.28. The minimum atomic E-state index is 0.637. The van der Waals surface area contributed by atoms with Gasteiger partial charge in [-0.1, -0.05) is 91.0 Å². The molecule has 0 N–H and O–H groups in total. The van der Waals surface area contributed by atoms with Crippen molar-refractivity contribution in [2.75, 3.05) is 0 Å². The van der Waals surface area contributed by atoms with Gasteiger partial charge in [0.2, 0.25) is 5.89 Å². The Balaban J connectivity index is 1.35. The van der Waals surface area contributed by atoms with Crippen molar-refractivity contribution in [3.05, 3.63) is 134 Å². The van der Waals surface area contributed by atoms with Crippen LogP contribution in [0.4, 0.5) is 0 Å². The topological polar surface area (TPSA) is 38.9 Å². The van der Waals surface area contributed by atoms with E-state index in [-0.39, 0.29) is 0 Å². The molecule has 0 saturated heterocycles. The third-order valence-electron chi connectivity index (χ3n) is 7.54. The molecule has 2 heterocycles. The van der Waals surface area contributed by atoms with Crippen LogP contribution in [-0.4, -0.2) is 9.97 Å². The summed E-state index contributed by atoms with van der Waals surface area (Å²) in [6.45, 7) is 0. The van der Waals surface area contributed by atoms with Crippen molar-refractivity contribution >= 4 is 43.5 Å². The molecule has 2 aromatic heterocycles. The standard InChI is InChI=1S/C36H22N2O/c1-3-11-29-27(9-1)34(24-16-18-25(19-17-24)36-38-31-13-5-6-14-33(31)39-36)28-10-2-4-12-30(28)35(29)26-20-15-23-8-7-21-37-32(23)22-26/h1-22H. The van der Waals surface area contributed by atoms with E-state index in [4.69, 9.17) is 4.42 Å². The Morgan fingerprint density at radius 3 is 1.74 bits per heavy atom. The summed E-state index contributed by atoms with van der Waals surface area (Å²) in [4.78, 5) is 9.31. The van der Waals surface area contributed by atoms with Gasteiger partial charge < -0.3 is 4.42 Å². The smallest absolute Gasteiger partial charge is 0.227 e. The lowest BCUT2D eigenvalue weighted by atomic mass is 9.85. The van der Waals surface area contributed by atoms with E-state index in [9.17, 15) is 0 Å². The number of para-hydroxylation sites is 2. The number of hydrogen-bond acceptors (Lipinski definition) is 3. The highest BCUT2D eigenvalue weighted by Crippen LogP contribution is 2.44. The summed E-state index contributed by atoms with van der Waals surface area (Å²) in [6.07, 6.45) is 1.86. The quantitative estimate of drug-likeness (QED) is 0.228. The van der Waals surface area contributed by atoms with E-state index in [0.717, 1.165) is 33.1 Å². The van der Waals surface area contributed by atoms with Crippen molar-refractivity contribution in [2.45, 2.75) is 0 Å². The first kappa shape index (κ1) is 21.8. The summed E-state index contributed by atoms with van der Waals surface area (Å²) in [5.41, 5.74) is 8.43. The minimum Gasteiger partial charge on any atom is -0.436 e. The van der Waals surface area contributed by atoms with Crippen molar-refractivity contribution in [2.24, 2.45) is 0 Å². The summed E-state index contributed by atoms with van der Waals surface area (Å²) in [5, 5.41) is 6.04. The molecule has 0 aliphatic carbocycles. The third kappa shape index (κ3) is 3.52.